The van der Waals surface area contributed by atoms with Crippen molar-refractivity contribution in [2.75, 3.05) is 6.61 Å². The molecule has 1 aromatic carbocycles. The predicted octanol–water partition coefficient (Wildman–Crippen LogP) is 3.07. The second-order valence-corrected chi connectivity index (χ2v) is 4.09. The van der Waals surface area contributed by atoms with Crippen molar-refractivity contribution in [3.63, 3.8) is 0 Å². The normalized spacial score (nSPS) is 24.8. The molecule has 15 heavy (non-hydrogen) atoms. The van der Waals surface area contributed by atoms with Gasteiger partial charge >= 0.3 is 0 Å². The van der Waals surface area contributed by atoms with E-state index in [9.17, 15) is 0 Å². The first kappa shape index (κ1) is 10.4. The van der Waals surface area contributed by atoms with Gasteiger partial charge < -0.3 is 9.47 Å². The molecule has 0 bridgehead atoms. The van der Waals surface area contributed by atoms with Crippen LogP contribution >= 0.6 is 0 Å². The first-order valence-electron chi connectivity index (χ1n) is 5.21. The highest BCUT2D eigenvalue weighted by Gasteiger charge is 2.25. The molecule has 0 spiro atoms. The van der Waals surface area contributed by atoms with Gasteiger partial charge in [0.1, 0.15) is 6.10 Å². The summed E-state index contributed by atoms with van der Waals surface area (Å²) in [6.07, 6.45) is 4.04. The van der Waals surface area contributed by atoms with E-state index in [-0.39, 0.29) is 6.10 Å². The van der Waals surface area contributed by atoms with Crippen molar-refractivity contribution in [3.05, 3.63) is 48.0 Å². The molecule has 2 rings (SSSR count). The molecule has 0 N–H and O–H groups in total. The minimum Gasteiger partial charge on any atom is -0.346 e. The molecule has 0 saturated carbocycles. The standard InChI is InChI=1S/C13H16O2/c1-13(2)14-10-6-9-12(15-13)11-7-4-3-5-8-11/h3-9,12H,10H2,1-2H3. The molecule has 0 aromatic heterocycles. The van der Waals surface area contributed by atoms with E-state index in [1.165, 1.54) is 0 Å². The van der Waals surface area contributed by atoms with E-state index in [0.29, 0.717) is 6.61 Å². The monoisotopic (exact) mass is 204 g/mol. The lowest BCUT2D eigenvalue weighted by Crippen LogP contribution is -2.28. The van der Waals surface area contributed by atoms with Gasteiger partial charge in [-0.15, -0.1) is 0 Å². The topological polar surface area (TPSA) is 18.5 Å². The van der Waals surface area contributed by atoms with Crippen molar-refractivity contribution < 1.29 is 9.47 Å². The predicted molar refractivity (Wildman–Crippen MR) is 59.4 cm³/mol. The summed E-state index contributed by atoms with van der Waals surface area (Å²) in [4.78, 5) is 0. The smallest absolute Gasteiger partial charge is 0.164 e. The average molecular weight is 204 g/mol. The molecule has 1 aliphatic heterocycles. The van der Waals surface area contributed by atoms with E-state index in [2.05, 4.69) is 12.1 Å². The Balaban J connectivity index is 2.21. The van der Waals surface area contributed by atoms with Crippen molar-refractivity contribution in [2.24, 2.45) is 0 Å². The van der Waals surface area contributed by atoms with E-state index in [1.54, 1.807) is 0 Å². The molecule has 1 aliphatic rings. The Morgan fingerprint density at radius 2 is 1.93 bits per heavy atom. The third-order valence-corrected chi connectivity index (χ3v) is 2.38. The number of ether oxygens (including phenoxy) is 2. The summed E-state index contributed by atoms with van der Waals surface area (Å²) in [6.45, 7) is 4.49. The van der Waals surface area contributed by atoms with Crippen LogP contribution in [-0.4, -0.2) is 12.4 Å². The first-order chi connectivity index (χ1) is 7.17. The third kappa shape index (κ3) is 2.67. The van der Waals surface area contributed by atoms with Crippen molar-refractivity contribution in [1.82, 2.24) is 0 Å². The molecule has 2 heteroatoms. The van der Waals surface area contributed by atoms with Gasteiger partial charge in [-0.25, -0.2) is 0 Å². The van der Waals surface area contributed by atoms with Crippen molar-refractivity contribution >= 4 is 0 Å². The van der Waals surface area contributed by atoms with E-state index < -0.39 is 5.79 Å². The van der Waals surface area contributed by atoms with E-state index in [0.717, 1.165) is 5.56 Å². The van der Waals surface area contributed by atoms with Gasteiger partial charge in [-0.3, -0.25) is 0 Å². The molecule has 1 atom stereocenters. The zero-order valence-corrected chi connectivity index (χ0v) is 9.14. The molecule has 1 aromatic rings. The number of rotatable bonds is 1. The van der Waals surface area contributed by atoms with Crippen molar-refractivity contribution in [2.45, 2.75) is 25.7 Å². The van der Waals surface area contributed by atoms with Gasteiger partial charge in [-0.1, -0.05) is 42.5 Å². The first-order valence-corrected chi connectivity index (χ1v) is 5.21. The van der Waals surface area contributed by atoms with Gasteiger partial charge in [-0.2, -0.15) is 0 Å². The lowest BCUT2D eigenvalue weighted by Gasteiger charge is -2.27. The van der Waals surface area contributed by atoms with E-state index in [4.69, 9.17) is 9.47 Å². The molecule has 2 nitrogen and oxygen atoms in total. The maximum Gasteiger partial charge on any atom is 0.164 e. The molecule has 0 saturated heterocycles. The van der Waals surface area contributed by atoms with Crippen LogP contribution in [0.2, 0.25) is 0 Å². The molecule has 1 unspecified atom stereocenters. The number of hydrogen-bond acceptors (Lipinski definition) is 2. The van der Waals surface area contributed by atoms with E-state index >= 15 is 0 Å². The zero-order valence-electron chi connectivity index (χ0n) is 9.14. The Labute approximate surface area is 90.5 Å². The van der Waals surface area contributed by atoms with Crippen LogP contribution in [0.3, 0.4) is 0 Å². The Morgan fingerprint density at radius 3 is 2.67 bits per heavy atom. The van der Waals surface area contributed by atoms with Crippen LogP contribution in [0.25, 0.3) is 0 Å². The molecule has 0 amide bonds. The summed E-state index contributed by atoms with van der Waals surface area (Å²) in [7, 11) is 0. The maximum atomic E-state index is 5.88. The second kappa shape index (κ2) is 4.17. The molecular weight excluding hydrogens is 188 g/mol. The molecular formula is C13H16O2. The lowest BCUT2D eigenvalue weighted by atomic mass is 10.1. The van der Waals surface area contributed by atoms with Gasteiger partial charge in [0.2, 0.25) is 0 Å². The van der Waals surface area contributed by atoms with Crippen LogP contribution in [-0.2, 0) is 9.47 Å². The summed E-state index contributed by atoms with van der Waals surface area (Å²) in [5, 5.41) is 0. The third-order valence-electron chi connectivity index (χ3n) is 2.38. The van der Waals surface area contributed by atoms with Gasteiger partial charge in [0.15, 0.2) is 5.79 Å². The highest BCUT2D eigenvalue weighted by atomic mass is 16.7. The van der Waals surface area contributed by atoms with Crippen LogP contribution in [0.1, 0.15) is 25.5 Å². The Morgan fingerprint density at radius 1 is 1.20 bits per heavy atom. The largest absolute Gasteiger partial charge is 0.346 e. The summed E-state index contributed by atoms with van der Waals surface area (Å²) in [5.41, 5.74) is 1.16. The summed E-state index contributed by atoms with van der Waals surface area (Å²) in [5.74, 6) is -0.524. The van der Waals surface area contributed by atoms with Crippen LogP contribution in [0, 0.1) is 0 Å². The summed E-state index contributed by atoms with van der Waals surface area (Å²) in [6, 6.07) is 10.2. The Hall–Kier alpha value is -1.12. The zero-order chi connectivity index (χ0) is 10.7. The fourth-order valence-corrected chi connectivity index (χ4v) is 1.63. The molecule has 80 valence electrons. The maximum absolute atomic E-state index is 5.88. The number of hydrogen-bond donors (Lipinski definition) is 0. The second-order valence-electron chi connectivity index (χ2n) is 4.09. The van der Waals surface area contributed by atoms with Crippen LogP contribution < -0.4 is 0 Å². The SMILES string of the molecule is CC1(C)OCC=CC(c2ccccc2)O1. The molecule has 0 fully saturated rings. The highest BCUT2D eigenvalue weighted by Crippen LogP contribution is 2.28. The van der Waals surface area contributed by atoms with Gasteiger partial charge in [0, 0.05) is 0 Å². The van der Waals surface area contributed by atoms with E-state index in [1.807, 2.05) is 44.2 Å². The molecule has 1 heterocycles. The molecule has 0 aliphatic carbocycles. The lowest BCUT2D eigenvalue weighted by molar-refractivity contribution is -0.219. The summed E-state index contributed by atoms with van der Waals surface area (Å²) >= 11 is 0. The van der Waals surface area contributed by atoms with Gasteiger partial charge in [-0.05, 0) is 19.4 Å². The van der Waals surface area contributed by atoms with Crippen LogP contribution in [0.15, 0.2) is 42.5 Å². The average Bonchev–Trinajstić information content (AvgIpc) is 2.41. The Bertz CT molecular complexity index is 341. The minimum atomic E-state index is -0.524. The fraction of sp³-hybridized carbons (Fsp3) is 0.385. The van der Waals surface area contributed by atoms with Crippen molar-refractivity contribution in [3.8, 4) is 0 Å². The minimum absolute atomic E-state index is 0.0105. The van der Waals surface area contributed by atoms with Crippen LogP contribution in [0.5, 0.6) is 0 Å². The highest BCUT2D eigenvalue weighted by molar-refractivity contribution is 5.21. The van der Waals surface area contributed by atoms with Gasteiger partial charge in [0.05, 0.1) is 6.61 Å². The Kier molecular flexibility index (Phi) is 2.89. The quantitative estimate of drug-likeness (QED) is 0.654. The summed E-state index contributed by atoms with van der Waals surface area (Å²) < 4.78 is 11.4. The number of benzene rings is 1. The fourth-order valence-electron chi connectivity index (χ4n) is 1.63. The molecule has 0 radical (unpaired) electrons. The van der Waals surface area contributed by atoms with Gasteiger partial charge in [0.25, 0.3) is 0 Å². The van der Waals surface area contributed by atoms with Crippen molar-refractivity contribution in [1.29, 1.82) is 0 Å². The van der Waals surface area contributed by atoms with Crippen LogP contribution in [0.4, 0.5) is 0 Å².